The van der Waals surface area contributed by atoms with E-state index in [-0.39, 0.29) is 22.7 Å². The number of carbonyl (C=O) groups excluding carboxylic acids is 1. The Kier molecular flexibility index (Phi) is 6.30. The van der Waals surface area contributed by atoms with Crippen molar-refractivity contribution in [1.82, 2.24) is 15.3 Å². The van der Waals surface area contributed by atoms with E-state index >= 15 is 0 Å². The zero-order valence-electron chi connectivity index (χ0n) is 17.8. The molecule has 3 aromatic rings. The third-order valence-electron chi connectivity index (χ3n) is 5.50. The lowest BCUT2D eigenvalue weighted by atomic mass is 10.1. The summed E-state index contributed by atoms with van der Waals surface area (Å²) >= 11 is 0. The molecule has 4 rings (SSSR count). The highest BCUT2D eigenvalue weighted by atomic mass is 19.4. The fourth-order valence-corrected chi connectivity index (χ4v) is 3.75. The van der Waals surface area contributed by atoms with Crippen molar-refractivity contribution in [2.45, 2.75) is 38.1 Å². The molecule has 1 unspecified atom stereocenters. The predicted octanol–water partition coefficient (Wildman–Crippen LogP) is 4.20. The Morgan fingerprint density at radius 1 is 1.21 bits per heavy atom. The molecule has 1 aliphatic rings. The van der Waals surface area contributed by atoms with Crippen LogP contribution >= 0.6 is 0 Å². The number of piperidine rings is 1. The Bertz CT molecular complexity index is 1190. The van der Waals surface area contributed by atoms with Gasteiger partial charge in [-0.1, -0.05) is 0 Å². The van der Waals surface area contributed by atoms with Crippen LogP contribution in [0.4, 0.5) is 38.4 Å². The summed E-state index contributed by atoms with van der Waals surface area (Å²) in [5.41, 5.74) is -0.663. The maximum absolute atomic E-state index is 14.0. The number of aromatic nitrogens is 2. The molecule has 0 aliphatic carbocycles. The Hall–Kier alpha value is -3.48. The number of carbonyl (C=O) groups is 1. The number of alkyl halides is 3. The molecule has 13 heteroatoms. The van der Waals surface area contributed by atoms with Crippen LogP contribution < -0.4 is 15.5 Å². The number of halogens is 5. The van der Waals surface area contributed by atoms with E-state index in [2.05, 4.69) is 15.3 Å². The third-order valence-corrected chi connectivity index (χ3v) is 5.50. The summed E-state index contributed by atoms with van der Waals surface area (Å²) in [6.45, 7) is 2.30. The highest BCUT2D eigenvalue weighted by Gasteiger charge is 2.45. The first-order chi connectivity index (χ1) is 16.0. The Labute approximate surface area is 189 Å². The van der Waals surface area contributed by atoms with Crippen molar-refractivity contribution in [2.75, 3.05) is 23.3 Å². The number of nitrogens with zero attached hydrogens (tertiary/aromatic N) is 3. The van der Waals surface area contributed by atoms with Gasteiger partial charge in [-0.05, 0) is 25.8 Å². The zero-order valence-corrected chi connectivity index (χ0v) is 17.8. The van der Waals surface area contributed by atoms with E-state index in [0.717, 1.165) is 6.07 Å². The van der Waals surface area contributed by atoms with Crippen molar-refractivity contribution in [3.8, 4) is 0 Å². The van der Waals surface area contributed by atoms with Gasteiger partial charge < -0.3 is 25.1 Å². The van der Waals surface area contributed by atoms with E-state index < -0.39 is 41.2 Å². The lowest BCUT2D eigenvalue weighted by Gasteiger charge is -2.29. The van der Waals surface area contributed by atoms with Crippen LogP contribution in [0.5, 0.6) is 0 Å². The molecule has 0 bridgehead atoms. The van der Waals surface area contributed by atoms with Crippen molar-refractivity contribution in [1.29, 1.82) is 0 Å². The highest BCUT2D eigenvalue weighted by molar-refractivity contribution is 5.89. The van der Waals surface area contributed by atoms with Crippen LogP contribution in [-0.2, 0) is 0 Å². The van der Waals surface area contributed by atoms with Crippen molar-refractivity contribution in [3.05, 3.63) is 47.5 Å². The SMILES string of the molecule is Cc1c(C(NC(=O)Nc2cnc(N3CCC(O)CC3)nc2)C(F)(F)F)oc2c(F)cc(F)cc12. The molecule has 1 aromatic carbocycles. The van der Waals surface area contributed by atoms with Gasteiger partial charge in [0, 0.05) is 30.1 Å². The number of hydrogen-bond donors (Lipinski definition) is 3. The van der Waals surface area contributed by atoms with E-state index in [9.17, 15) is 31.9 Å². The second kappa shape index (κ2) is 9.05. The number of furan rings is 1. The summed E-state index contributed by atoms with van der Waals surface area (Å²) in [7, 11) is 0. The van der Waals surface area contributed by atoms with Crippen molar-refractivity contribution < 1.29 is 36.3 Å². The van der Waals surface area contributed by atoms with Crippen molar-refractivity contribution >= 4 is 28.6 Å². The number of benzene rings is 1. The predicted molar refractivity (Wildman–Crippen MR) is 111 cm³/mol. The van der Waals surface area contributed by atoms with Crippen LogP contribution in [0.2, 0.25) is 0 Å². The van der Waals surface area contributed by atoms with Crippen LogP contribution in [0.25, 0.3) is 11.0 Å². The van der Waals surface area contributed by atoms with Gasteiger partial charge in [0.2, 0.25) is 5.95 Å². The molecule has 3 N–H and O–H groups in total. The van der Waals surface area contributed by atoms with Crippen LogP contribution in [0.1, 0.15) is 30.2 Å². The molecule has 3 heterocycles. The molecule has 182 valence electrons. The Morgan fingerprint density at radius 2 is 1.85 bits per heavy atom. The first kappa shape index (κ1) is 23.7. The highest BCUT2D eigenvalue weighted by Crippen LogP contribution is 2.39. The Balaban J connectivity index is 1.50. The van der Waals surface area contributed by atoms with Gasteiger partial charge in [-0.3, -0.25) is 0 Å². The number of rotatable bonds is 4. The van der Waals surface area contributed by atoms with Gasteiger partial charge in [-0.25, -0.2) is 23.5 Å². The number of aliphatic hydroxyl groups is 1. The monoisotopic (exact) mass is 485 g/mol. The maximum Gasteiger partial charge on any atom is 0.416 e. The van der Waals surface area contributed by atoms with Gasteiger partial charge in [-0.2, -0.15) is 13.2 Å². The minimum Gasteiger partial charge on any atom is -0.455 e. The third kappa shape index (κ3) is 4.88. The van der Waals surface area contributed by atoms with Gasteiger partial charge in [-0.15, -0.1) is 0 Å². The number of aryl methyl sites for hydroxylation is 1. The quantitative estimate of drug-likeness (QED) is 0.479. The van der Waals surface area contributed by atoms with Gasteiger partial charge in [0.05, 0.1) is 24.2 Å². The van der Waals surface area contributed by atoms with Crippen LogP contribution in [0.15, 0.2) is 28.9 Å². The molecule has 0 spiro atoms. The summed E-state index contributed by atoms with van der Waals surface area (Å²) in [6, 6.07) is -2.50. The van der Waals surface area contributed by atoms with E-state index in [1.54, 1.807) is 5.32 Å². The normalized spacial score (nSPS) is 16.0. The lowest BCUT2D eigenvalue weighted by molar-refractivity contribution is -0.158. The van der Waals surface area contributed by atoms with E-state index in [1.165, 1.54) is 19.3 Å². The molecule has 1 aliphatic heterocycles. The molecular weight excluding hydrogens is 465 g/mol. The molecule has 34 heavy (non-hydrogen) atoms. The summed E-state index contributed by atoms with van der Waals surface area (Å²) < 4.78 is 73.9. The molecule has 1 saturated heterocycles. The smallest absolute Gasteiger partial charge is 0.416 e. The minimum atomic E-state index is -5.00. The van der Waals surface area contributed by atoms with Crippen molar-refractivity contribution in [2.24, 2.45) is 0 Å². The zero-order chi connectivity index (χ0) is 24.6. The fourth-order valence-electron chi connectivity index (χ4n) is 3.75. The van der Waals surface area contributed by atoms with Crippen LogP contribution in [0.3, 0.4) is 0 Å². The summed E-state index contributed by atoms with van der Waals surface area (Å²) in [4.78, 5) is 22.4. The molecule has 1 fully saturated rings. The summed E-state index contributed by atoms with van der Waals surface area (Å²) in [6.07, 6.45) is -1.79. The first-order valence-electron chi connectivity index (χ1n) is 10.3. The summed E-state index contributed by atoms with van der Waals surface area (Å²) in [5, 5.41) is 13.4. The van der Waals surface area contributed by atoms with E-state index in [4.69, 9.17) is 4.42 Å². The van der Waals surface area contributed by atoms with E-state index in [1.807, 2.05) is 4.90 Å². The molecule has 2 aromatic heterocycles. The molecular formula is C21H20F5N5O3. The number of nitrogens with one attached hydrogen (secondary N) is 2. The number of hydrogen-bond acceptors (Lipinski definition) is 6. The number of fused-ring (bicyclic) bond motifs is 1. The lowest BCUT2D eigenvalue weighted by Crippen LogP contribution is -2.40. The Morgan fingerprint density at radius 3 is 2.47 bits per heavy atom. The standard InChI is InChI=1S/C21H20F5N5O3/c1-10-14-6-11(22)7-15(23)17(14)34-16(10)18(21(24,25)26)30-20(33)29-12-8-27-19(28-9-12)31-4-2-13(32)3-5-31/h6-9,13,18,32H,2-5H2,1H3,(H2,29,30,33). The number of anilines is 2. The molecule has 0 radical (unpaired) electrons. The van der Waals surface area contributed by atoms with Gasteiger partial charge >= 0.3 is 12.2 Å². The minimum absolute atomic E-state index is 0.0358. The van der Waals surface area contributed by atoms with Crippen molar-refractivity contribution in [3.63, 3.8) is 0 Å². The first-order valence-corrected chi connectivity index (χ1v) is 10.3. The molecule has 8 nitrogen and oxygen atoms in total. The van der Waals surface area contributed by atoms with Gasteiger partial charge in [0.25, 0.3) is 0 Å². The number of aliphatic hydroxyl groups excluding tert-OH is 1. The fraction of sp³-hybridized carbons (Fsp3) is 0.381. The largest absolute Gasteiger partial charge is 0.455 e. The topological polar surface area (TPSA) is 104 Å². The maximum atomic E-state index is 14.0. The van der Waals surface area contributed by atoms with E-state index in [0.29, 0.717) is 37.9 Å². The summed E-state index contributed by atoms with van der Waals surface area (Å²) in [5.74, 6) is -2.53. The molecule has 0 saturated carbocycles. The molecule has 1 atom stereocenters. The van der Waals surface area contributed by atoms with Gasteiger partial charge in [0.15, 0.2) is 17.4 Å². The molecule has 2 amide bonds. The second-order valence-corrected chi connectivity index (χ2v) is 7.92. The van der Waals surface area contributed by atoms with Crippen LogP contribution in [-0.4, -0.2) is 46.5 Å². The number of urea groups is 1. The second-order valence-electron chi connectivity index (χ2n) is 7.92. The average Bonchev–Trinajstić information content (AvgIpc) is 3.09. The number of amides is 2. The average molecular weight is 485 g/mol. The van der Waals surface area contributed by atoms with Gasteiger partial charge in [0.1, 0.15) is 11.6 Å². The van der Waals surface area contributed by atoms with Crippen LogP contribution in [0, 0.1) is 18.6 Å².